The maximum atomic E-state index is 11.7. The van der Waals surface area contributed by atoms with Crippen LogP contribution in [0, 0.1) is 0 Å². The van der Waals surface area contributed by atoms with Gasteiger partial charge in [-0.25, -0.2) is 0 Å². The monoisotopic (exact) mass is 269 g/mol. The van der Waals surface area contributed by atoms with Crippen molar-refractivity contribution in [1.29, 1.82) is 0 Å². The van der Waals surface area contributed by atoms with Crippen molar-refractivity contribution in [3.63, 3.8) is 0 Å². The molecule has 2 nitrogen and oxygen atoms in total. The summed E-state index contributed by atoms with van der Waals surface area (Å²) in [6.07, 6.45) is 0. The molecule has 1 aromatic carbocycles. The molecule has 3 heteroatoms. The Labute approximate surface area is 99.2 Å². The van der Waals surface area contributed by atoms with Gasteiger partial charge in [0.2, 0.25) is 5.91 Å². The fourth-order valence-electron chi connectivity index (χ4n) is 1.19. The highest BCUT2D eigenvalue weighted by Gasteiger charge is 2.24. The number of hydrogen-bond acceptors (Lipinski definition) is 1. The van der Waals surface area contributed by atoms with Crippen LogP contribution in [-0.2, 0) is 4.79 Å². The fourth-order valence-corrected chi connectivity index (χ4v) is 1.31. The highest BCUT2D eigenvalue weighted by molar-refractivity contribution is 9.10. The summed E-state index contributed by atoms with van der Waals surface area (Å²) in [7, 11) is 0. The molecule has 0 spiro atoms. The number of hydrogen-bond donors (Lipinski definition) is 1. The molecule has 82 valence electrons. The van der Waals surface area contributed by atoms with E-state index < -0.39 is 4.32 Å². The van der Waals surface area contributed by atoms with Gasteiger partial charge in [0.25, 0.3) is 0 Å². The van der Waals surface area contributed by atoms with Gasteiger partial charge in [0.1, 0.15) is 0 Å². The molecule has 0 aliphatic rings. The average Bonchev–Trinajstić information content (AvgIpc) is 2.17. The molecular weight excluding hydrogens is 254 g/mol. The molecule has 0 radical (unpaired) electrons. The van der Waals surface area contributed by atoms with Gasteiger partial charge in [-0.1, -0.05) is 46.3 Å². The second-order valence-electron chi connectivity index (χ2n) is 4.08. The van der Waals surface area contributed by atoms with Gasteiger partial charge in [-0.2, -0.15) is 0 Å². The average molecular weight is 270 g/mol. The number of benzene rings is 1. The number of halogens is 1. The minimum Gasteiger partial charge on any atom is -0.348 e. The Kier molecular flexibility index (Phi) is 3.91. The van der Waals surface area contributed by atoms with Crippen LogP contribution in [0.3, 0.4) is 0 Å². The van der Waals surface area contributed by atoms with E-state index in [2.05, 4.69) is 21.2 Å². The van der Waals surface area contributed by atoms with Crippen molar-refractivity contribution >= 4 is 21.8 Å². The Morgan fingerprint density at radius 1 is 1.33 bits per heavy atom. The predicted molar refractivity (Wildman–Crippen MR) is 66.0 cm³/mol. The van der Waals surface area contributed by atoms with Gasteiger partial charge in [-0.3, -0.25) is 4.79 Å². The first kappa shape index (κ1) is 12.2. The summed E-state index contributed by atoms with van der Waals surface area (Å²) >= 11 is 3.33. The summed E-state index contributed by atoms with van der Waals surface area (Å²) < 4.78 is -0.518. The zero-order chi connectivity index (χ0) is 11.5. The van der Waals surface area contributed by atoms with Crippen LogP contribution in [0.1, 0.15) is 32.4 Å². The largest absolute Gasteiger partial charge is 0.348 e. The molecule has 0 saturated heterocycles. The second-order valence-corrected chi connectivity index (χ2v) is 6.06. The zero-order valence-corrected chi connectivity index (χ0v) is 10.8. The molecule has 1 rings (SSSR count). The molecule has 0 unspecified atom stereocenters. The van der Waals surface area contributed by atoms with Crippen LogP contribution in [0.4, 0.5) is 0 Å². The molecule has 0 aliphatic carbocycles. The van der Waals surface area contributed by atoms with Gasteiger partial charge >= 0.3 is 0 Å². The summed E-state index contributed by atoms with van der Waals surface area (Å²) in [4.78, 5) is 11.7. The smallest absolute Gasteiger partial charge is 0.236 e. The molecule has 1 atom stereocenters. The highest BCUT2D eigenvalue weighted by Crippen LogP contribution is 2.18. The topological polar surface area (TPSA) is 29.1 Å². The first-order valence-electron chi connectivity index (χ1n) is 4.96. The van der Waals surface area contributed by atoms with Crippen LogP contribution in [0.25, 0.3) is 0 Å². The van der Waals surface area contributed by atoms with E-state index in [1.807, 2.05) is 51.1 Å². The summed E-state index contributed by atoms with van der Waals surface area (Å²) in [5.74, 6) is -0.00106. The molecule has 1 amide bonds. The van der Waals surface area contributed by atoms with E-state index in [0.717, 1.165) is 5.56 Å². The number of rotatable bonds is 3. The highest BCUT2D eigenvalue weighted by atomic mass is 79.9. The minimum atomic E-state index is -0.518. The van der Waals surface area contributed by atoms with E-state index in [1.165, 1.54) is 0 Å². The molecule has 0 bridgehead atoms. The normalized spacial score (nSPS) is 13.3. The van der Waals surface area contributed by atoms with Crippen LogP contribution in [0.5, 0.6) is 0 Å². The van der Waals surface area contributed by atoms with E-state index in [1.54, 1.807) is 0 Å². The number of carbonyl (C=O) groups is 1. The summed E-state index contributed by atoms with van der Waals surface area (Å²) in [5, 5.41) is 2.95. The Bertz CT molecular complexity index is 329. The van der Waals surface area contributed by atoms with Crippen molar-refractivity contribution in [2.75, 3.05) is 0 Å². The Morgan fingerprint density at radius 2 is 1.87 bits per heavy atom. The first-order chi connectivity index (χ1) is 6.91. The second kappa shape index (κ2) is 4.79. The lowest BCUT2D eigenvalue weighted by molar-refractivity contribution is -0.123. The van der Waals surface area contributed by atoms with E-state index in [4.69, 9.17) is 0 Å². The first-order valence-corrected chi connectivity index (χ1v) is 5.75. The van der Waals surface area contributed by atoms with Crippen LogP contribution < -0.4 is 5.32 Å². The van der Waals surface area contributed by atoms with Crippen LogP contribution in [0.15, 0.2) is 30.3 Å². The fraction of sp³-hybridized carbons (Fsp3) is 0.417. The minimum absolute atomic E-state index is 0.00106. The number of carbonyl (C=O) groups excluding carboxylic acids is 1. The third-order valence-corrected chi connectivity index (χ3v) is 2.55. The SMILES string of the molecule is C[C@H](NC(=O)C(C)(C)Br)c1ccccc1. The standard InChI is InChI=1S/C12H16BrNO/c1-9(10-7-5-4-6-8-10)14-11(15)12(2,3)13/h4-9H,1-3H3,(H,14,15)/t9-/m0/s1. The van der Waals surface area contributed by atoms with E-state index >= 15 is 0 Å². The Balaban J connectivity index is 2.65. The van der Waals surface area contributed by atoms with Gasteiger partial charge in [0.15, 0.2) is 0 Å². The summed E-state index contributed by atoms with van der Waals surface area (Å²) in [5.41, 5.74) is 1.11. The molecule has 15 heavy (non-hydrogen) atoms. The maximum absolute atomic E-state index is 11.7. The van der Waals surface area contributed by atoms with Gasteiger partial charge < -0.3 is 5.32 Å². The predicted octanol–water partition coefficient (Wildman–Crippen LogP) is 3.04. The van der Waals surface area contributed by atoms with Gasteiger partial charge in [0, 0.05) is 0 Å². The van der Waals surface area contributed by atoms with Crippen molar-refractivity contribution in [2.24, 2.45) is 0 Å². The summed E-state index contributed by atoms with van der Waals surface area (Å²) in [6.45, 7) is 5.64. The third kappa shape index (κ3) is 3.67. The molecule has 0 aromatic heterocycles. The lowest BCUT2D eigenvalue weighted by Crippen LogP contribution is -2.38. The van der Waals surface area contributed by atoms with E-state index in [-0.39, 0.29) is 11.9 Å². The van der Waals surface area contributed by atoms with Crippen LogP contribution in [0.2, 0.25) is 0 Å². The van der Waals surface area contributed by atoms with Gasteiger partial charge in [0.05, 0.1) is 10.4 Å². The lowest BCUT2D eigenvalue weighted by Gasteiger charge is -2.20. The van der Waals surface area contributed by atoms with Gasteiger partial charge in [-0.15, -0.1) is 0 Å². The zero-order valence-electron chi connectivity index (χ0n) is 9.25. The van der Waals surface area contributed by atoms with Crippen molar-refractivity contribution in [3.8, 4) is 0 Å². The van der Waals surface area contributed by atoms with Crippen molar-refractivity contribution in [2.45, 2.75) is 31.1 Å². The van der Waals surface area contributed by atoms with E-state index in [9.17, 15) is 4.79 Å². The van der Waals surface area contributed by atoms with Gasteiger partial charge in [-0.05, 0) is 26.3 Å². The Hall–Kier alpha value is -0.830. The maximum Gasteiger partial charge on any atom is 0.236 e. The lowest BCUT2D eigenvalue weighted by atomic mass is 10.1. The Morgan fingerprint density at radius 3 is 2.33 bits per heavy atom. The molecule has 0 heterocycles. The van der Waals surface area contributed by atoms with Crippen molar-refractivity contribution < 1.29 is 4.79 Å². The van der Waals surface area contributed by atoms with Crippen LogP contribution in [-0.4, -0.2) is 10.2 Å². The molecule has 1 N–H and O–H groups in total. The van der Waals surface area contributed by atoms with Crippen LogP contribution >= 0.6 is 15.9 Å². The molecule has 1 aromatic rings. The number of nitrogens with one attached hydrogen (secondary N) is 1. The van der Waals surface area contributed by atoms with Crippen molar-refractivity contribution in [3.05, 3.63) is 35.9 Å². The summed E-state index contributed by atoms with van der Waals surface area (Å²) in [6, 6.07) is 9.95. The molecule has 0 aliphatic heterocycles. The molecular formula is C12H16BrNO. The number of alkyl halides is 1. The quantitative estimate of drug-likeness (QED) is 0.840. The van der Waals surface area contributed by atoms with Crippen molar-refractivity contribution in [1.82, 2.24) is 5.32 Å². The molecule has 0 fully saturated rings. The molecule has 0 saturated carbocycles. The van der Waals surface area contributed by atoms with E-state index in [0.29, 0.717) is 0 Å². The third-order valence-electron chi connectivity index (χ3n) is 2.19. The number of amides is 1.